The Kier molecular flexibility index (Phi) is 7.34. The van der Waals surface area contributed by atoms with E-state index in [1.165, 1.54) is 11.6 Å². The molecule has 0 N–H and O–H groups in total. The maximum Gasteiger partial charge on any atom is 0.471 e. The van der Waals surface area contributed by atoms with E-state index in [9.17, 15) is 18.0 Å². The monoisotopic (exact) mass is 506 g/mol. The molecule has 12 heteroatoms. The first-order chi connectivity index (χ1) is 17.1. The fourth-order valence-electron chi connectivity index (χ4n) is 4.30. The maximum atomic E-state index is 12.9. The van der Waals surface area contributed by atoms with Crippen LogP contribution in [-0.2, 0) is 16.6 Å². The molecule has 0 bridgehead atoms. The van der Waals surface area contributed by atoms with Crippen molar-refractivity contribution in [1.82, 2.24) is 29.4 Å². The van der Waals surface area contributed by atoms with E-state index < -0.39 is 18.2 Å². The van der Waals surface area contributed by atoms with E-state index in [4.69, 9.17) is 9.47 Å². The lowest BCUT2D eigenvalue weighted by molar-refractivity contribution is -0.186. The molecule has 4 rings (SSSR count). The number of ether oxygens (including phenoxy) is 2. The van der Waals surface area contributed by atoms with E-state index in [0.717, 1.165) is 24.6 Å². The van der Waals surface area contributed by atoms with E-state index in [0.29, 0.717) is 39.9 Å². The van der Waals surface area contributed by atoms with Gasteiger partial charge in [0.15, 0.2) is 11.9 Å². The molecule has 0 spiro atoms. The molecular formula is C24H29F3N6O3. The summed E-state index contributed by atoms with van der Waals surface area (Å²) >= 11 is 0. The quantitative estimate of drug-likeness (QED) is 0.452. The summed E-state index contributed by atoms with van der Waals surface area (Å²) in [6.45, 7) is 7.32. The number of carbonyl (C=O) groups is 1. The average molecular weight is 507 g/mol. The number of nitrogens with zero attached hydrogens (tertiary/aromatic N) is 6. The van der Waals surface area contributed by atoms with Crippen LogP contribution >= 0.6 is 0 Å². The van der Waals surface area contributed by atoms with Crippen LogP contribution in [0.1, 0.15) is 45.0 Å². The lowest BCUT2D eigenvalue weighted by Gasteiger charge is -2.26. The van der Waals surface area contributed by atoms with E-state index >= 15 is 0 Å². The predicted octanol–water partition coefficient (Wildman–Crippen LogP) is 4.35. The molecule has 0 aliphatic carbocycles. The molecule has 1 fully saturated rings. The van der Waals surface area contributed by atoms with Crippen LogP contribution < -0.4 is 4.74 Å². The highest BCUT2D eigenvalue weighted by molar-refractivity contribution is 5.88. The largest absolute Gasteiger partial charge is 0.472 e. The normalized spacial score (nSPS) is 17.2. The van der Waals surface area contributed by atoms with Crippen molar-refractivity contribution in [2.75, 3.05) is 19.7 Å². The highest BCUT2D eigenvalue weighted by Crippen LogP contribution is 2.34. The van der Waals surface area contributed by atoms with Crippen molar-refractivity contribution in [3.8, 4) is 17.0 Å². The number of alkyl halides is 3. The zero-order chi connectivity index (χ0) is 26.0. The van der Waals surface area contributed by atoms with Gasteiger partial charge in [-0.1, -0.05) is 6.58 Å². The van der Waals surface area contributed by atoms with Crippen molar-refractivity contribution in [2.45, 2.75) is 51.6 Å². The van der Waals surface area contributed by atoms with Gasteiger partial charge in [0.1, 0.15) is 6.10 Å². The highest BCUT2D eigenvalue weighted by Gasteiger charge is 2.42. The first kappa shape index (κ1) is 25.7. The number of fused-ring (bicyclic) bond motifs is 1. The fraction of sp³-hybridized carbons (Fsp3) is 0.500. The van der Waals surface area contributed by atoms with Crippen LogP contribution in [0.25, 0.3) is 28.2 Å². The van der Waals surface area contributed by atoms with Crippen molar-refractivity contribution in [1.29, 1.82) is 0 Å². The Balaban J connectivity index is 1.62. The third kappa shape index (κ3) is 5.08. The van der Waals surface area contributed by atoms with Crippen LogP contribution in [0.3, 0.4) is 0 Å². The van der Waals surface area contributed by atoms with E-state index in [2.05, 4.69) is 21.8 Å². The number of rotatable bonds is 8. The lowest BCUT2D eigenvalue weighted by Crippen LogP contribution is -2.45. The average Bonchev–Trinajstić information content (AvgIpc) is 3.41. The molecule has 3 aromatic heterocycles. The van der Waals surface area contributed by atoms with Gasteiger partial charge in [-0.15, -0.1) is 0 Å². The summed E-state index contributed by atoms with van der Waals surface area (Å²) < 4.78 is 53.8. The molecule has 1 amide bonds. The summed E-state index contributed by atoms with van der Waals surface area (Å²) in [5, 5.41) is 9.70. The number of halogens is 3. The second kappa shape index (κ2) is 10.3. The van der Waals surface area contributed by atoms with Crippen molar-refractivity contribution in [3.05, 3.63) is 30.7 Å². The number of likely N-dealkylation sites (N-methyl/N-ethyl adjacent to an activating group) is 1. The standard InChI is InChI=1S/C24H29F3N6O3/c1-5-19-17-11-16(12-28-21(17)33(30-19)20-9-7-8-10-35-20)18-13-29-31(4)22(18)36-15(3)14-32(6-2)23(34)24(25,26)27/h5,11-13,15,20H,1,6-10,14H2,2-4H3/t15-,20?/m0/s1. The third-order valence-corrected chi connectivity index (χ3v) is 6.09. The van der Waals surface area contributed by atoms with E-state index in [-0.39, 0.29) is 19.3 Å². The molecular weight excluding hydrogens is 477 g/mol. The minimum atomic E-state index is -4.94. The Labute approximate surface area is 206 Å². The zero-order valence-corrected chi connectivity index (χ0v) is 20.5. The lowest BCUT2D eigenvalue weighted by atomic mass is 10.1. The van der Waals surface area contributed by atoms with Gasteiger partial charge in [0.2, 0.25) is 5.88 Å². The summed E-state index contributed by atoms with van der Waals surface area (Å²) in [6.07, 6.45) is 2.00. The van der Waals surface area contributed by atoms with Gasteiger partial charge in [-0.25, -0.2) is 14.3 Å². The number of amides is 1. The number of carbonyl (C=O) groups excluding carboxylic acids is 1. The van der Waals surface area contributed by atoms with Gasteiger partial charge < -0.3 is 14.4 Å². The highest BCUT2D eigenvalue weighted by atomic mass is 19.4. The van der Waals surface area contributed by atoms with Crippen molar-refractivity contribution >= 4 is 23.0 Å². The maximum absolute atomic E-state index is 12.9. The van der Waals surface area contributed by atoms with Gasteiger partial charge in [-0.2, -0.15) is 23.4 Å². The molecule has 0 radical (unpaired) electrons. The summed E-state index contributed by atoms with van der Waals surface area (Å²) in [4.78, 5) is 17.0. The fourth-order valence-corrected chi connectivity index (χ4v) is 4.30. The number of hydrogen-bond acceptors (Lipinski definition) is 6. The molecule has 1 saturated heterocycles. The Morgan fingerprint density at radius 2 is 2.17 bits per heavy atom. The van der Waals surface area contributed by atoms with Crippen LogP contribution in [0.5, 0.6) is 5.88 Å². The van der Waals surface area contributed by atoms with E-state index in [1.807, 2.05) is 6.07 Å². The molecule has 2 atom stereocenters. The molecule has 0 aromatic carbocycles. The van der Waals surface area contributed by atoms with Crippen LogP contribution in [0, 0.1) is 0 Å². The van der Waals surface area contributed by atoms with Gasteiger partial charge in [-0.3, -0.25) is 4.79 Å². The molecule has 194 valence electrons. The number of aryl methyl sites for hydroxylation is 1. The number of pyridine rings is 1. The Morgan fingerprint density at radius 3 is 2.81 bits per heavy atom. The summed E-state index contributed by atoms with van der Waals surface area (Å²) in [7, 11) is 1.67. The molecule has 1 unspecified atom stereocenters. The van der Waals surface area contributed by atoms with Gasteiger partial charge in [0, 0.05) is 37.3 Å². The number of aromatic nitrogens is 5. The molecule has 9 nitrogen and oxygen atoms in total. The molecule has 36 heavy (non-hydrogen) atoms. The first-order valence-corrected chi connectivity index (χ1v) is 11.8. The van der Waals surface area contributed by atoms with Gasteiger partial charge >= 0.3 is 12.1 Å². The van der Waals surface area contributed by atoms with Crippen LogP contribution in [0.4, 0.5) is 13.2 Å². The third-order valence-electron chi connectivity index (χ3n) is 6.09. The van der Waals surface area contributed by atoms with Gasteiger partial charge in [-0.05, 0) is 45.3 Å². The first-order valence-electron chi connectivity index (χ1n) is 11.8. The predicted molar refractivity (Wildman–Crippen MR) is 127 cm³/mol. The Bertz CT molecular complexity index is 1250. The molecule has 3 aromatic rings. The molecule has 1 aliphatic rings. The molecule has 1 aliphatic heterocycles. The second-order valence-corrected chi connectivity index (χ2v) is 8.71. The summed E-state index contributed by atoms with van der Waals surface area (Å²) in [5.74, 6) is -1.54. The number of hydrogen-bond donors (Lipinski definition) is 0. The van der Waals surface area contributed by atoms with Crippen molar-refractivity contribution in [2.24, 2.45) is 7.05 Å². The second-order valence-electron chi connectivity index (χ2n) is 8.71. The van der Waals surface area contributed by atoms with Crippen molar-refractivity contribution < 1.29 is 27.4 Å². The SMILES string of the molecule is C=Cc1nn(C2CCCCO2)c2ncc(-c3cnn(C)c3O[C@@H](C)CN(CC)C(=O)C(F)(F)F)cc12. The minimum absolute atomic E-state index is 0.0934. The summed E-state index contributed by atoms with van der Waals surface area (Å²) in [6, 6.07) is 1.91. The molecule has 4 heterocycles. The van der Waals surface area contributed by atoms with Crippen LogP contribution in [0.2, 0.25) is 0 Å². The smallest absolute Gasteiger partial charge is 0.471 e. The molecule has 0 saturated carbocycles. The minimum Gasteiger partial charge on any atom is -0.472 e. The van der Waals surface area contributed by atoms with Gasteiger partial charge in [0.05, 0.1) is 24.0 Å². The topological polar surface area (TPSA) is 87.3 Å². The van der Waals surface area contributed by atoms with Crippen LogP contribution in [-0.4, -0.2) is 67.3 Å². The van der Waals surface area contributed by atoms with Gasteiger partial charge in [0.25, 0.3) is 0 Å². The zero-order valence-electron chi connectivity index (χ0n) is 20.5. The van der Waals surface area contributed by atoms with E-state index in [1.54, 1.807) is 37.1 Å². The van der Waals surface area contributed by atoms with Crippen LogP contribution in [0.15, 0.2) is 25.0 Å². The van der Waals surface area contributed by atoms with Crippen molar-refractivity contribution in [3.63, 3.8) is 0 Å². The Morgan fingerprint density at radius 1 is 1.39 bits per heavy atom. The summed E-state index contributed by atoms with van der Waals surface area (Å²) in [5.41, 5.74) is 2.64. The Hall–Kier alpha value is -3.41.